The van der Waals surface area contributed by atoms with Crippen molar-refractivity contribution in [2.75, 3.05) is 18.5 Å². The van der Waals surface area contributed by atoms with Crippen molar-refractivity contribution in [3.05, 3.63) is 60.2 Å². The molecule has 6 heteroatoms. The number of rotatable bonds is 8. The van der Waals surface area contributed by atoms with Gasteiger partial charge in [0.25, 0.3) is 0 Å². The molecule has 0 spiro atoms. The first-order valence-corrected chi connectivity index (χ1v) is 11.0. The van der Waals surface area contributed by atoms with Gasteiger partial charge in [0, 0.05) is 16.6 Å². The minimum Gasteiger partial charge on any atom is -0.494 e. The van der Waals surface area contributed by atoms with Gasteiger partial charge in [0.2, 0.25) is 0 Å². The first kappa shape index (κ1) is 20.2. The number of nitrogens with one attached hydrogen (secondary N) is 1. The molecule has 0 aliphatic heterocycles. The molecule has 5 nitrogen and oxygen atoms in total. The lowest BCUT2D eigenvalue weighted by atomic mass is 10.1. The first-order chi connectivity index (χ1) is 14.6. The summed E-state index contributed by atoms with van der Waals surface area (Å²) in [5.74, 6) is 3.03. The van der Waals surface area contributed by atoms with E-state index in [2.05, 4.69) is 46.6 Å². The highest BCUT2D eigenvalue weighted by Crippen LogP contribution is 2.38. The van der Waals surface area contributed by atoms with Crippen molar-refractivity contribution in [1.29, 1.82) is 0 Å². The normalized spacial score (nSPS) is 11.1. The van der Waals surface area contributed by atoms with Gasteiger partial charge in [-0.3, -0.25) is 0 Å². The fourth-order valence-electron chi connectivity index (χ4n) is 3.11. The summed E-state index contributed by atoms with van der Waals surface area (Å²) in [7, 11) is 0. The molecule has 0 amide bonds. The van der Waals surface area contributed by atoms with Crippen LogP contribution in [0.3, 0.4) is 0 Å². The van der Waals surface area contributed by atoms with Crippen molar-refractivity contribution in [3.8, 4) is 22.6 Å². The second-order valence-electron chi connectivity index (χ2n) is 7.36. The molecule has 4 rings (SSSR count). The van der Waals surface area contributed by atoms with Crippen molar-refractivity contribution < 1.29 is 9.47 Å². The number of ether oxygens (including phenoxy) is 2. The number of aromatic nitrogens is 2. The summed E-state index contributed by atoms with van der Waals surface area (Å²) in [5.41, 5.74) is 3.17. The van der Waals surface area contributed by atoms with Crippen LogP contribution >= 0.6 is 11.3 Å². The van der Waals surface area contributed by atoms with Gasteiger partial charge in [-0.25, -0.2) is 9.97 Å². The highest BCUT2D eigenvalue weighted by atomic mass is 32.1. The lowest BCUT2D eigenvalue weighted by molar-refractivity contribution is 0.271. The number of hydrogen-bond acceptors (Lipinski definition) is 6. The van der Waals surface area contributed by atoms with Crippen LogP contribution in [0.1, 0.15) is 20.8 Å². The van der Waals surface area contributed by atoms with Crippen LogP contribution in [0.5, 0.6) is 11.5 Å². The van der Waals surface area contributed by atoms with Gasteiger partial charge in [-0.2, -0.15) is 0 Å². The fraction of sp³-hybridized carbons (Fsp3) is 0.250. The molecule has 30 heavy (non-hydrogen) atoms. The van der Waals surface area contributed by atoms with Crippen LogP contribution in [-0.2, 0) is 0 Å². The van der Waals surface area contributed by atoms with Gasteiger partial charge < -0.3 is 14.8 Å². The number of anilines is 2. The molecule has 0 radical (unpaired) electrons. The second kappa shape index (κ2) is 9.13. The largest absolute Gasteiger partial charge is 0.494 e. The Hall–Kier alpha value is -3.12. The maximum absolute atomic E-state index is 5.77. The minimum absolute atomic E-state index is 0.497. The monoisotopic (exact) mass is 419 g/mol. The second-order valence-corrected chi connectivity index (χ2v) is 8.22. The third-order valence-corrected chi connectivity index (χ3v) is 5.43. The van der Waals surface area contributed by atoms with Gasteiger partial charge in [0.05, 0.1) is 18.6 Å². The molecule has 4 aromatic rings. The number of thiophene rings is 1. The highest BCUT2D eigenvalue weighted by molar-refractivity contribution is 7.17. The Labute approximate surface area is 180 Å². The molecular weight excluding hydrogens is 394 g/mol. The van der Waals surface area contributed by atoms with Crippen molar-refractivity contribution in [2.45, 2.75) is 20.8 Å². The third kappa shape index (κ3) is 4.54. The molecule has 0 aliphatic rings. The summed E-state index contributed by atoms with van der Waals surface area (Å²) in [6.07, 6.45) is 1.60. The fourth-order valence-corrected chi connectivity index (χ4v) is 4.03. The zero-order valence-corrected chi connectivity index (χ0v) is 18.2. The molecule has 154 valence electrons. The minimum atomic E-state index is 0.497. The van der Waals surface area contributed by atoms with Crippen LogP contribution in [0.2, 0.25) is 0 Å². The van der Waals surface area contributed by atoms with E-state index in [0.717, 1.165) is 44.3 Å². The van der Waals surface area contributed by atoms with E-state index in [1.807, 2.05) is 43.3 Å². The number of benzene rings is 2. The van der Waals surface area contributed by atoms with Gasteiger partial charge in [0.1, 0.15) is 28.5 Å². The Morgan fingerprint density at radius 1 is 0.933 bits per heavy atom. The van der Waals surface area contributed by atoms with E-state index >= 15 is 0 Å². The molecule has 2 aromatic heterocycles. The molecule has 1 N–H and O–H groups in total. The lowest BCUT2D eigenvalue weighted by Gasteiger charge is -2.11. The summed E-state index contributed by atoms with van der Waals surface area (Å²) in [4.78, 5) is 9.92. The Kier molecular flexibility index (Phi) is 6.14. The topological polar surface area (TPSA) is 56.3 Å². The lowest BCUT2D eigenvalue weighted by Crippen LogP contribution is -2.04. The zero-order chi connectivity index (χ0) is 20.9. The van der Waals surface area contributed by atoms with Gasteiger partial charge >= 0.3 is 0 Å². The van der Waals surface area contributed by atoms with E-state index in [0.29, 0.717) is 19.1 Å². The van der Waals surface area contributed by atoms with E-state index < -0.39 is 0 Å². The van der Waals surface area contributed by atoms with Crippen LogP contribution in [0, 0.1) is 5.92 Å². The average Bonchev–Trinajstić information content (AvgIpc) is 3.19. The number of hydrogen-bond donors (Lipinski definition) is 1. The van der Waals surface area contributed by atoms with Crippen molar-refractivity contribution >= 4 is 33.1 Å². The number of fused-ring (bicyclic) bond motifs is 1. The van der Waals surface area contributed by atoms with E-state index in [9.17, 15) is 0 Å². The predicted octanol–water partition coefficient (Wildman–Crippen LogP) is 6.54. The molecule has 0 fully saturated rings. The van der Waals surface area contributed by atoms with Crippen LogP contribution in [0.15, 0.2) is 60.2 Å². The van der Waals surface area contributed by atoms with Crippen LogP contribution < -0.4 is 14.8 Å². The summed E-state index contributed by atoms with van der Waals surface area (Å²) >= 11 is 1.62. The molecule has 0 saturated carbocycles. The molecule has 2 aromatic carbocycles. The van der Waals surface area contributed by atoms with Crippen molar-refractivity contribution in [2.24, 2.45) is 5.92 Å². The molecule has 0 saturated heterocycles. The quantitative estimate of drug-likeness (QED) is 0.352. The van der Waals surface area contributed by atoms with E-state index in [-0.39, 0.29) is 0 Å². The smallest absolute Gasteiger partial charge is 0.143 e. The first-order valence-electron chi connectivity index (χ1n) is 10.1. The van der Waals surface area contributed by atoms with Crippen molar-refractivity contribution in [3.63, 3.8) is 0 Å². The summed E-state index contributed by atoms with van der Waals surface area (Å²) < 4.78 is 11.3. The predicted molar refractivity (Wildman–Crippen MR) is 124 cm³/mol. The number of nitrogens with zero attached hydrogens (tertiary/aromatic N) is 2. The van der Waals surface area contributed by atoms with Crippen LogP contribution in [0.4, 0.5) is 11.5 Å². The zero-order valence-electron chi connectivity index (χ0n) is 17.4. The van der Waals surface area contributed by atoms with Crippen LogP contribution in [-0.4, -0.2) is 23.2 Å². The molecule has 0 unspecified atom stereocenters. The maximum Gasteiger partial charge on any atom is 0.143 e. The molecule has 2 heterocycles. The standard InChI is InChI=1S/C24H25N3O2S/c1-4-28-19-9-5-17(6-10-19)21-14-30-24-22(21)23(25-15-26-24)27-18-7-11-20(12-8-18)29-13-16(2)3/h5-12,14-16H,4,13H2,1-3H3,(H,25,26,27). The van der Waals surface area contributed by atoms with Crippen LogP contribution in [0.25, 0.3) is 21.3 Å². The summed E-state index contributed by atoms with van der Waals surface area (Å²) in [5, 5.41) is 6.59. The molecule has 0 bridgehead atoms. The molecular formula is C24H25N3O2S. The van der Waals surface area contributed by atoms with Gasteiger partial charge in [0.15, 0.2) is 0 Å². The van der Waals surface area contributed by atoms with Gasteiger partial charge in [-0.1, -0.05) is 26.0 Å². The Bertz CT molecular complexity index is 1110. The third-order valence-electron chi connectivity index (χ3n) is 4.55. The van der Waals surface area contributed by atoms with Gasteiger partial charge in [-0.05, 0) is 54.8 Å². The van der Waals surface area contributed by atoms with E-state index in [1.165, 1.54) is 0 Å². The van der Waals surface area contributed by atoms with E-state index in [4.69, 9.17) is 9.47 Å². The maximum atomic E-state index is 5.77. The average molecular weight is 420 g/mol. The molecule has 0 atom stereocenters. The Balaban J connectivity index is 1.61. The Morgan fingerprint density at radius 3 is 2.33 bits per heavy atom. The van der Waals surface area contributed by atoms with E-state index in [1.54, 1.807) is 17.7 Å². The highest BCUT2D eigenvalue weighted by Gasteiger charge is 2.13. The van der Waals surface area contributed by atoms with Crippen molar-refractivity contribution in [1.82, 2.24) is 9.97 Å². The SMILES string of the molecule is CCOc1ccc(-c2csc3ncnc(Nc4ccc(OCC(C)C)cc4)c23)cc1. The summed E-state index contributed by atoms with van der Waals surface area (Å²) in [6.45, 7) is 7.63. The van der Waals surface area contributed by atoms with Gasteiger partial charge in [-0.15, -0.1) is 11.3 Å². The summed E-state index contributed by atoms with van der Waals surface area (Å²) in [6, 6.07) is 16.1. The molecule has 0 aliphatic carbocycles. The Morgan fingerprint density at radius 2 is 1.63 bits per heavy atom.